The van der Waals surface area contributed by atoms with Crippen LogP contribution in [0.2, 0.25) is 0 Å². The lowest BCUT2D eigenvalue weighted by Crippen LogP contribution is -2.50. The van der Waals surface area contributed by atoms with Crippen molar-refractivity contribution < 1.29 is 13.9 Å². The van der Waals surface area contributed by atoms with Crippen LogP contribution in [-0.2, 0) is 0 Å². The second-order valence-electron chi connectivity index (χ2n) is 5.98. The summed E-state index contributed by atoms with van der Waals surface area (Å²) in [6.45, 7) is 2.98. The number of aliphatic hydroxyl groups is 1. The highest BCUT2D eigenvalue weighted by atomic mass is 19.1. The fourth-order valence-corrected chi connectivity index (χ4v) is 2.93. The monoisotopic (exact) mass is 292 g/mol. The SMILES string of the molecule is CN1CCN(C)C(CC(O)c2cc3cc(F)ccc3o2)C1. The topological polar surface area (TPSA) is 39.9 Å². The number of furan rings is 1. The summed E-state index contributed by atoms with van der Waals surface area (Å²) in [5, 5.41) is 11.1. The number of fused-ring (bicyclic) bond motifs is 1. The number of piperazine rings is 1. The predicted molar refractivity (Wildman–Crippen MR) is 79.7 cm³/mol. The molecule has 2 heterocycles. The maximum Gasteiger partial charge on any atom is 0.134 e. The van der Waals surface area contributed by atoms with E-state index in [0.29, 0.717) is 29.2 Å². The molecule has 3 rings (SSSR count). The van der Waals surface area contributed by atoms with E-state index in [1.165, 1.54) is 12.1 Å². The van der Waals surface area contributed by atoms with Crippen molar-refractivity contribution in [2.45, 2.75) is 18.6 Å². The number of aliphatic hydroxyl groups excluding tert-OH is 1. The molecular weight excluding hydrogens is 271 g/mol. The first-order valence-electron chi connectivity index (χ1n) is 7.29. The van der Waals surface area contributed by atoms with Crippen LogP contribution in [-0.4, -0.2) is 54.7 Å². The lowest BCUT2D eigenvalue weighted by Gasteiger charge is -2.38. The lowest BCUT2D eigenvalue weighted by atomic mass is 10.0. The highest BCUT2D eigenvalue weighted by molar-refractivity contribution is 5.77. The van der Waals surface area contributed by atoms with E-state index in [0.717, 1.165) is 19.6 Å². The molecule has 1 aromatic heterocycles. The molecule has 21 heavy (non-hydrogen) atoms. The quantitative estimate of drug-likeness (QED) is 0.942. The van der Waals surface area contributed by atoms with E-state index in [-0.39, 0.29) is 5.82 Å². The maximum atomic E-state index is 13.2. The van der Waals surface area contributed by atoms with Gasteiger partial charge in [0.2, 0.25) is 0 Å². The van der Waals surface area contributed by atoms with Gasteiger partial charge in [-0.3, -0.25) is 0 Å². The second-order valence-corrected chi connectivity index (χ2v) is 5.98. The maximum absolute atomic E-state index is 13.2. The highest BCUT2D eigenvalue weighted by Gasteiger charge is 2.26. The van der Waals surface area contributed by atoms with Gasteiger partial charge in [-0.2, -0.15) is 0 Å². The zero-order valence-corrected chi connectivity index (χ0v) is 12.4. The molecule has 0 saturated carbocycles. The van der Waals surface area contributed by atoms with Crippen LogP contribution in [0.25, 0.3) is 11.0 Å². The minimum absolute atomic E-state index is 0.294. The summed E-state index contributed by atoms with van der Waals surface area (Å²) < 4.78 is 18.8. The van der Waals surface area contributed by atoms with Gasteiger partial charge in [-0.05, 0) is 44.8 Å². The number of rotatable bonds is 3. The molecule has 1 aromatic carbocycles. The Morgan fingerprint density at radius 3 is 2.95 bits per heavy atom. The van der Waals surface area contributed by atoms with Gasteiger partial charge < -0.3 is 19.3 Å². The summed E-state index contributed by atoms with van der Waals surface area (Å²) in [6, 6.07) is 6.42. The summed E-state index contributed by atoms with van der Waals surface area (Å²) >= 11 is 0. The minimum atomic E-state index is -0.667. The molecule has 1 aliphatic heterocycles. The molecular formula is C16H21FN2O2. The largest absolute Gasteiger partial charge is 0.458 e. The highest BCUT2D eigenvalue weighted by Crippen LogP contribution is 2.28. The van der Waals surface area contributed by atoms with Crippen LogP contribution in [0.1, 0.15) is 18.3 Å². The molecule has 1 saturated heterocycles. The van der Waals surface area contributed by atoms with E-state index in [1.807, 2.05) is 0 Å². The van der Waals surface area contributed by atoms with E-state index in [4.69, 9.17) is 4.42 Å². The molecule has 0 radical (unpaired) electrons. The number of hydrogen-bond donors (Lipinski definition) is 1. The smallest absolute Gasteiger partial charge is 0.134 e. The molecule has 5 heteroatoms. The summed E-state index contributed by atoms with van der Waals surface area (Å²) in [6.07, 6.45) is -0.0530. The number of nitrogens with zero attached hydrogens (tertiary/aromatic N) is 2. The zero-order chi connectivity index (χ0) is 15.0. The van der Waals surface area contributed by atoms with Gasteiger partial charge in [0.1, 0.15) is 23.3 Å². The predicted octanol–water partition coefficient (Wildman–Crippen LogP) is 2.24. The third kappa shape index (κ3) is 3.10. The van der Waals surface area contributed by atoms with Gasteiger partial charge in [-0.25, -0.2) is 4.39 Å². The average molecular weight is 292 g/mol. The van der Waals surface area contributed by atoms with Crippen LogP contribution in [0.4, 0.5) is 4.39 Å². The Hall–Kier alpha value is -1.43. The van der Waals surface area contributed by atoms with E-state index in [9.17, 15) is 9.50 Å². The Kier molecular flexibility index (Phi) is 3.97. The molecule has 2 aromatic rings. The Morgan fingerprint density at radius 2 is 2.14 bits per heavy atom. The van der Waals surface area contributed by atoms with Gasteiger partial charge in [0, 0.05) is 31.1 Å². The Labute approximate surface area is 123 Å². The third-order valence-corrected chi connectivity index (χ3v) is 4.30. The van der Waals surface area contributed by atoms with Gasteiger partial charge in [0.05, 0.1) is 0 Å². The minimum Gasteiger partial charge on any atom is -0.458 e. The van der Waals surface area contributed by atoms with Gasteiger partial charge in [-0.1, -0.05) is 0 Å². The normalized spacial score (nSPS) is 22.8. The number of halogens is 1. The molecule has 0 amide bonds. The molecule has 114 valence electrons. The fourth-order valence-electron chi connectivity index (χ4n) is 2.93. The molecule has 2 atom stereocenters. The van der Waals surface area contributed by atoms with Crippen molar-refractivity contribution in [3.8, 4) is 0 Å². The van der Waals surface area contributed by atoms with Crippen LogP contribution in [0.3, 0.4) is 0 Å². The van der Waals surface area contributed by atoms with Gasteiger partial charge in [0.25, 0.3) is 0 Å². The Morgan fingerprint density at radius 1 is 1.33 bits per heavy atom. The molecule has 1 N–H and O–H groups in total. The molecule has 1 fully saturated rings. The van der Waals surface area contributed by atoms with E-state index in [2.05, 4.69) is 23.9 Å². The summed E-state index contributed by atoms with van der Waals surface area (Å²) in [4.78, 5) is 4.54. The second kappa shape index (κ2) is 5.75. The molecule has 2 unspecified atom stereocenters. The van der Waals surface area contributed by atoms with Crippen LogP contribution in [0, 0.1) is 5.82 Å². The number of benzene rings is 1. The summed E-state index contributed by atoms with van der Waals surface area (Å²) in [7, 11) is 4.18. The van der Waals surface area contributed by atoms with Crippen LogP contribution in [0.5, 0.6) is 0 Å². The zero-order valence-electron chi connectivity index (χ0n) is 12.4. The van der Waals surface area contributed by atoms with Gasteiger partial charge in [0.15, 0.2) is 0 Å². The van der Waals surface area contributed by atoms with Crippen molar-refractivity contribution in [2.24, 2.45) is 0 Å². The third-order valence-electron chi connectivity index (χ3n) is 4.30. The Balaban J connectivity index is 1.75. The average Bonchev–Trinajstić information content (AvgIpc) is 2.86. The van der Waals surface area contributed by atoms with Crippen LogP contribution in [0.15, 0.2) is 28.7 Å². The summed E-state index contributed by atoms with van der Waals surface area (Å²) in [5.74, 6) is 0.218. The van der Waals surface area contributed by atoms with Gasteiger partial charge >= 0.3 is 0 Å². The standard InChI is InChI=1S/C16H21FN2O2/c1-18-5-6-19(2)13(10-18)9-14(20)16-8-11-7-12(17)3-4-15(11)21-16/h3-4,7-8,13-14,20H,5-6,9-10H2,1-2H3. The van der Waals surface area contributed by atoms with E-state index < -0.39 is 6.10 Å². The molecule has 0 spiro atoms. The van der Waals surface area contributed by atoms with Crippen molar-refractivity contribution in [2.75, 3.05) is 33.7 Å². The van der Waals surface area contributed by atoms with Crippen molar-refractivity contribution in [1.82, 2.24) is 9.80 Å². The van der Waals surface area contributed by atoms with Crippen molar-refractivity contribution >= 4 is 11.0 Å². The first kappa shape index (κ1) is 14.5. The first-order chi connectivity index (χ1) is 10.0. The molecule has 0 bridgehead atoms. The van der Waals surface area contributed by atoms with Gasteiger partial charge in [-0.15, -0.1) is 0 Å². The number of likely N-dealkylation sites (N-methyl/N-ethyl adjacent to an activating group) is 2. The van der Waals surface area contributed by atoms with Crippen molar-refractivity contribution in [1.29, 1.82) is 0 Å². The first-order valence-corrected chi connectivity index (χ1v) is 7.29. The molecule has 0 aliphatic carbocycles. The fraction of sp³-hybridized carbons (Fsp3) is 0.500. The summed E-state index contributed by atoms with van der Waals surface area (Å²) in [5.41, 5.74) is 0.611. The number of hydrogen-bond acceptors (Lipinski definition) is 4. The van der Waals surface area contributed by atoms with Crippen LogP contribution >= 0.6 is 0 Å². The van der Waals surface area contributed by atoms with E-state index >= 15 is 0 Å². The lowest BCUT2D eigenvalue weighted by molar-refractivity contribution is 0.0554. The van der Waals surface area contributed by atoms with Crippen molar-refractivity contribution in [3.63, 3.8) is 0 Å². The molecule has 1 aliphatic rings. The van der Waals surface area contributed by atoms with E-state index in [1.54, 1.807) is 12.1 Å². The molecule has 4 nitrogen and oxygen atoms in total. The van der Waals surface area contributed by atoms with Crippen LogP contribution < -0.4 is 0 Å². The van der Waals surface area contributed by atoms with Crippen molar-refractivity contribution in [3.05, 3.63) is 35.8 Å². The Bertz CT molecular complexity index is 628.